The van der Waals surface area contributed by atoms with Crippen LogP contribution in [0.15, 0.2) is 23.8 Å². The van der Waals surface area contributed by atoms with Crippen molar-refractivity contribution in [1.82, 2.24) is 9.55 Å². The molecule has 3 nitrogen and oxygen atoms in total. The number of carbonyl (C=O) groups excluding carboxylic acids is 1. The number of carbonyl (C=O) groups is 1. The van der Waals surface area contributed by atoms with E-state index in [9.17, 15) is 4.79 Å². The monoisotopic (exact) mass is 206 g/mol. The minimum Gasteiger partial charge on any atom is -0.324 e. The van der Waals surface area contributed by atoms with Crippen LogP contribution in [0.25, 0.3) is 0 Å². The van der Waals surface area contributed by atoms with Gasteiger partial charge in [0.1, 0.15) is 0 Å². The largest absolute Gasteiger partial charge is 0.324 e. The van der Waals surface area contributed by atoms with Gasteiger partial charge in [-0.3, -0.25) is 4.79 Å². The predicted octanol–water partition coefficient (Wildman–Crippen LogP) is 2.11. The minimum absolute atomic E-state index is 0.480. The summed E-state index contributed by atoms with van der Waals surface area (Å²) in [6.07, 6.45) is 4.24. The fraction of sp³-hybridized carbons (Fsp3) is 0.200. The molecule has 0 bridgehead atoms. The van der Waals surface area contributed by atoms with Crippen LogP contribution in [0.1, 0.15) is 21.1 Å². The second-order valence-electron chi connectivity index (χ2n) is 3.10. The number of imidazole rings is 1. The molecule has 0 aliphatic heterocycles. The second-order valence-corrected chi connectivity index (χ2v) is 4.21. The van der Waals surface area contributed by atoms with E-state index in [0.29, 0.717) is 5.82 Å². The van der Waals surface area contributed by atoms with Crippen LogP contribution in [0.4, 0.5) is 0 Å². The maximum Gasteiger partial charge on any atom is 0.185 e. The molecule has 2 aromatic heterocycles. The molecule has 0 radical (unpaired) electrons. The SMILES string of the molecule is Cc1cc(Cn2ccnc2C=O)cs1. The molecule has 0 amide bonds. The predicted molar refractivity (Wildman–Crippen MR) is 55.8 cm³/mol. The molecule has 0 spiro atoms. The molecular weight excluding hydrogens is 196 g/mol. The van der Waals surface area contributed by atoms with E-state index in [2.05, 4.69) is 23.4 Å². The highest BCUT2D eigenvalue weighted by molar-refractivity contribution is 7.10. The first kappa shape index (κ1) is 9.15. The van der Waals surface area contributed by atoms with Crippen LogP contribution >= 0.6 is 11.3 Å². The summed E-state index contributed by atoms with van der Waals surface area (Å²) in [5.41, 5.74) is 1.22. The number of aromatic nitrogens is 2. The molecule has 2 aromatic rings. The number of aryl methyl sites for hydroxylation is 1. The fourth-order valence-corrected chi connectivity index (χ4v) is 2.05. The Balaban J connectivity index is 2.22. The van der Waals surface area contributed by atoms with E-state index in [0.717, 1.165) is 12.8 Å². The average Bonchev–Trinajstić information content (AvgIpc) is 2.76. The van der Waals surface area contributed by atoms with Gasteiger partial charge in [0.15, 0.2) is 12.1 Å². The molecule has 0 saturated heterocycles. The first-order valence-corrected chi connectivity index (χ1v) is 5.18. The smallest absolute Gasteiger partial charge is 0.185 e. The molecule has 0 aromatic carbocycles. The van der Waals surface area contributed by atoms with Gasteiger partial charge in [0, 0.05) is 23.8 Å². The van der Waals surface area contributed by atoms with Crippen LogP contribution in [-0.4, -0.2) is 15.8 Å². The van der Waals surface area contributed by atoms with E-state index in [1.807, 2.05) is 10.8 Å². The standard InChI is InChI=1S/C10H10N2OS/c1-8-4-9(7-14-8)5-12-3-2-11-10(12)6-13/h2-4,6-7H,5H2,1H3. The number of thiophene rings is 1. The lowest BCUT2D eigenvalue weighted by atomic mass is 10.3. The van der Waals surface area contributed by atoms with E-state index in [1.165, 1.54) is 10.4 Å². The lowest BCUT2D eigenvalue weighted by Gasteiger charge is -2.00. The maximum atomic E-state index is 10.6. The van der Waals surface area contributed by atoms with Gasteiger partial charge in [0.25, 0.3) is 0 Å². The van der Waals surface area contributed by atoms with E-state index in [-0.39, 0.29) is 0 Å². The first-order chi connectivity index (χ1) is 6.79. The first-order valence-electron chi connectivity index (χ1n) is 4.30. The van der Waals surface area contributed by atoms with Gasteiger partial charge in [-0.1, -0.05) is 0 Å². The van der Waals surface area contributed by atoms with Gasteiger partial charge in [-0.05, 0) is 23.9 Å². The minimum atomic E-state index is 0.480. The third kappa shape index (κ3) is 1.75. The van der Waals surface area contributed by atoms with Crippen molar-refractivity contribution in [2.45, 2.75) is 13.5 Å². The zero-order valence-electron chi connectivity index (χ0n) is 7.80. The van der Waals surface area contributed by atoms with E-state index in [4.69, 9.17) is 0 Å². The van der Waals surface area contributed by atoms with E-state index >= 15 is 0 Å². The number of aldehydes is 1. The highest BCUT2D eigenvalue weighted by atomic mass is 32.1. The van der Waals surface area contributed by atoms with Crippen molar-refractivity contribution in [1.29, 1.82) is 0 Å². The molecule has 14 heavy (non-hydrogen) atoms. The molecule has 2 heterocycles. The maximum absolute atomic E-state index is 10.6. The molecule has 2 rings (SSSR count). The third-order valence-corrected chi connectivity index (χ3v) is 2.90. The second kappa shape index (κ2) is 3.75. The Kier molecular flexibility index (Phi) is 2.45. The summed E-state index contributed by atoms with van der Waals surface area (Å²) in [6.45, 7) is 2.79. The van der Waals surface area contributed by atoms with Crippen molar-refractivity contribution in [3.05, 3.63) is 40.1 Å². The Morgan fingerprint density at radius 2 is 2.50 bits per heavy atom. The number of rotatable bonds is 3. The highest BCUT2D eigenvalue weighted by Gasteiger charge is 2.02. The Hall–Kier alpha value is -1.42. The van der Waals surface area contributed by atoms with E-state index < -0.39 is 0 Å². The Morgan fingerprint density at radius 1 is 1.64 bits per heavy atom. The molecule has 0 unspecified atom stereocenters. The van der Waals surface area contributed by atoms with Crippen molar-refractivity contribution in [3.63, 3.8) is 0 Å². The summed E-state index contributed by atoms with van der Waals surface area (Å²) < 4.78 is 1.84. The Bertz CT molecular complexity index is 444. The molecule has 0 aliphatic carbocycles. The molecule has 4 heteroatoms. The third-order valence-electron chi connectivity index (χ3n) is 1.99. The van der Waals surface area contributed by atoms with Gasteiger partial charge in [0.2, 0.25) is 0 Å². The molecule has 0 atom stereocenters. The van der Waals surface area contributed by atoms with E-state index in [1.54, 1.807) is 17.5 Å². The summed E-state index contributed by atoms with van der Waals surface area (Å²) in [6, 6.07) is 2.12. The summed E-state index contributed by atoms with van der Waals surface area (Å²) in [7, 11) is 0. The highest BCUT2D eigenvalue weighted by Crippen LogP contribution is 2.14. The van der Waals surface area contributed by atoms with Crippen LogP contribution in [0, 0.1) is 6.92 Å². The number of hydrogen-bond acceptors (Lipinski definition) is 3. The lowest BCUT2D eigenvalue weighted by Crippen LogP contribution is -2.02. The Labute approximate surface area is 86.0 Å². The Morgan fingerprint density at radius 3 is 3.14 bits per heavy atom. The fourth-order valence-electron chi connectivity index (χ4n) is 1.35. The molecule has 0 saturated carbocycles. The molecule has 72 valence electrons. The molecule has 0 fully saturated rings. The number of nitrogens with zero attached hydrogens (tertiary/aromatic N) is 2. The summed E-state index contributed by atoms with van der Waals surface area (Å²) in [5, 5.41) is 2.10. The van der Waals surface area contributed by atoms with Crippen molar-refractivity contribution in [3.8, 4) is 0 Å². The van der Waals surface area contributed by atoms with Crippen LogP contribution < -0.4 is 0 Å². The molecular formula is C10H10N2OS. The lowest BCUT2D eigenvalue weighted by molar-refractivity contribution is 0.111. The van der Waals surface area contributed by atoms with Gasteiger partial charge < -0.3 is 4.57 Å². The summed E-state index contributed by atoms with van der Waals surface area (Å²) >= 11 is 1.72. The van der Waals surface area contributed by atoms with Crippen molar-refractivity contribution < 1.29 is 4.79 Å². The van der Waals surface area contributed by atoms with Gasteiger partial charge in [-0.25, -0.2) is 4.98 Å². The van der Waals surface area contributed by atoms with Gasteiger partial charge in [-0.2, -0.15) is 0 Å². The van der Waals surface area contributed by atoms with Crippen LogP contribution in [-0.2, 0) is 6.54 Å². The summed E-state index contributed by atoms with van der Waals surface area (Å²) in [4.78, 5) is 15.8. The topological polar surface area (TPSA) is 34.9 Å². The normalized spacial score (nSPS) is 10.4. The van der Waals surface area contributed by atoms with Gasteiger partial charge >= 0.3 is 0 Å². The van der Waals surface area contributed by atoms with Crippen molar-refractivity contribution in [2.75, 3.05) is 0 Å². The average molecular weight is 206 g/mol. The molecule has 0 aliphatic rings. The summed E-state index contributed by atoms with van der Waals surface area (Å²) in [5.74, 6) is 0.480. The molecule has 0 N–H and O–H groups in total. The number of hydrogen-bond donors (Lipinski definition) is 0. The van der Waals surface area contributed by atoms with Gasteiger partial charge in [0.05, 0.1) is 0 Å². The van der Waals surface area contributed by atoms with Gasteiger partial charge in [-0.15, -0.1) is 11.3 Å². The quantitative estimate of drug-likeness (QED) is 0.721. The van der Waals surface area contributed by atoms with Crippen LogP contribution in [0.5, 0.6) is 0 Å². The van der Waals surface area contributed by atoms with Crippen LogP contribution in [0.2, 0.25) is 0 Å². The van der Waals surface area contributed by atoms with Crippen molar-refractivity contribution in [2.24, 2.45) is 0 Å². The van der Waals surface area contributed by atoms with Crippen molar-refractivity contribution >= 4 is 17.6 Å². The zero-order valence-corrected chi connectivity index (χ0v) is 8.62. The van der Waals surface area contributed by atoms with Crippen LogP contribution in [0.3, 0.4) is 0 Å². The zero-order chi connectivity index (χ0) is 9.97.